The molecule has 1 aliphatic carbocycles. The summed E-state index contributed by atoms with van der Waals surface area (Å²) in [4.78, 5) is 6.29. The highest BCUT2D eigenvalue weighted by molar-refractivity contribution is 7.19. The van der Waals surface area contributed by atoms with E-state index in [4.69, 9.17) is 16.0 Å². The van der Waals surface area contributed by atoms with Gasteiger partial charge in [0.1, 0.15) is 15.8 Å². The lowest BCUT2D eigenvalue weighted by atomic mass is 9.66. The van der Waals surface area contributed by atoms with E-state index in [1.54, 1.807) is 0 Å². The van der Waals surface area contributed by atoms with E-state index in [9.17, 15) is 0 Å². The first kappa shape index (κ1) is 14.3. The summed E-state index contributed by atoms with van der Waals surface area (Å²) in [5.74, 6) is 1.29. The number of hydrogen-bond donors (Lipinski definition) is 1. The molecule has 4 heteroatoms. The van der Waals surface area contributed by atoms with Gasteiger partial charge in [0, 0.05) is 11.1 Å². The van der Waals surface area contributed by atoms with Crippen molar-refractivity contribution in [1.29, 1.82) is 5.26 Å². The van der Waals surface area contributed by atoms with Crippen LogP contribution in [0.1, 0.15) is 43.8 Å². The van der Waals surface area contributed by atoms with Crippen LogP contribution in [0.3, 0.4) is 0 Å². The fraction of sp³-hybridized carbons (Fsp3) is 0.529. The lowest BCUT2D eigenvalue weighted by molar-refractivity contribution is 0.155. The fourth-order valence-corrected chi connectivity index (χ4v) is 4.49. The number of anilines is 1. The van der Waals surface area contributed by atoms with Gasteiger partial charge in [-0.25, -0.2) is 4.98 Å². The Labute approximate surface area is 129 Å². The van der Waals surface area contributed by atoms with Gasteiger partial charge in [-0.15, -0.1) is 11.3 Å². The van der Waals surface area contributed by atoms with Crippen molar-refractivity contribution in [1.82, 2.24) is 4.98 Å². The van der Waals surface area contributed by atoms with Crippen LogP contribution in [0.5, 0.6) is 0 Å². The highest BCUT2D eigenvalue weighted by atomic mass is 32.1. The summed E-state index contributed by atoms with van der Waals surface area (Å²) in [5.41, 5.74) is 9.48. The second kappa shape index (κ2) is 4.71. The molecule has 2 aromatic heterocycles. The van der Waals surface area contributed by atoms with Crippen LogP contribution in [0.25, 0.3) is 10.2 Å². The number of nitriles is 1. The Kier molecular flexibility index (Phi) is 3.22. The third-order valence-corrected chi connectivity index (χ3v) is 5.77. The smallest absolute Gasteiger partial charge is 0.130 e. The van der Waals surface area contributed by atoms with E-state index in [1.165, 1.54) is 22.6 Å². The van der Waals surface area contributed by atoms with E-state index >= 15 is 0 Å². The van der Waals surface area contributed by atoms with Gasteiger partial charge in [-0.2, -0.15) is 5.26 Å². The fourth-order valence-electron chi connectivity index (χ4n) is 3.60. The van der Waals surface area contributed by atoms with E-state index in [2.05, 4.69) is 39.8 Å². The molecule has 2 unspecified atom stereocenters. The molecule has 2 aromatic rings. The number of nitrogens with zero attached hydrogens (tertiary/aromatic N) is 2. The van der Waals surface area contributed by atoms with Crippen LogP contribution in [-0.2, 0) is 12.8 Å². The Morgan fingerprint density at radius 2 is 2.10 bits per heavy atom. The third kappa shape index (κ3) is 2.30. The molecule has 2 atom stereocenters. The summed E-state index contributed by atoms with van der Waals surface area (Å²) in [5, 5.41) is 10.1. The monoisotopic (exact) mass is 299 g/mol. The van der Waals surface area contributed by atoms with Crippen molar-refractivity contribution >= 4 is 27.2 Å². The third-order valence-electron chi connectivity index (χ3n) is 4.75. The molecule has 110 valence electrons. The lowest BCUT2D eigenvalue weighted by Gasteiger charge is -2.39. The predicted molar refractivity (Wildman–Crippen MR) is 88.3 cm³/mol. The van der Waals surface area contributed by atoms with Crippen molar-refractivity contribution in [2.75, 3.05) is 5.73 Å². The first-order chi connectivity index (χ1) is 9.81. The van der Waals surface area contributed by atoms with Gasteiger partial charge in [-0.05, 0) is 41.7 Å². The Morgan fingerprint density at radius 1 is 1.38 bits per heavy atom. The van der Waals surface area contributed by atoms with Gasteiger partial charge >= 0.3 is 0 Å². The maximum Gasteiger partial charge on any atom is 0.130 e. The van der Waals surface area contributed by atoms with Crippen LogP contribution >= 0.6 is 11.3 Å². The number of hydrogen-bond acceptors (Lipinski definition) is 4. The summed E-state index contributed by atoms with van der Waals surface area (Å²) >= 11 is 1.41. The molecule has 0 saturated carbocycles. The van der Waals surface area contributed by atoms with Gasteiger partial charge in [-0.3, -0.25) is 0 Å². The van der Waals surface area contributed by atoms with Crippen LogP contribution < -0.4 is 5.73 Å². The molecule has 0 fully saturated rings. The summed E-state index contributed by atoms with van der Waals surface area (Å²) in [6, 6.07) is 4.35. The van der Waals surface area contributed by atoms with E-state index in [-0.39, 0.29) is 0 Å². The quantitative estimate of drug-likeness (QED) is 0.795. The van der Waals surface area contributed by atoms with Crippen molar-refractivity contribution in [2.45, 2.75) is 40.5 Å². The van der Waals surface area contributed by atoms with Gasteiger partial charge in [-0.1, -0.05) is 27.7 Å². The minimum absolute atomic E-state index is 0.296. The van der Waals surface area contributed by atoms with Gasteiger partial charge in [0.15, 0.2) is 0 Å². The molecule has 0 spiro atoms. The zero-order valence-electron chi connectivity index (χ0n) is 13.0. The van der Waals surface area contributed by atoms with Crippen molar-refractivity contribution in [2.24, 2.45) is 17.3 Å². The van der Waals surface area contributed by atoms with E-state index in [1.807, 2.05) is 0 Å². The minimum atomic E-state index is 0.296. The van der Waals surface area contributed by atoms with Crippen LogP contribution in [0, 0.1) is 28.6 Å². The minimum Gasteiger partial charge on any atom is -0.396 e. The number of thiophene rings is 1. The maximum absolute atomic E-state index is 9.13. The largest absolute Gasteiger partial charge is 0.396 e. The summed E-state index contributed by atoms with van der Waals surface area (Å²) < 4.78 is 0. The first-order valence-electron chi connectivity index (χ1n) is 7.42. The van der Waals surface area contributed by atoms with Crippen LogP contribution in [0.15, 0.2) is 6.07 Å². The highest BCUT2D eigenvalue weighted by Gasteiger charge is 2.34. The molecule has 3 rings (SSSR count). The Balaban J connectivity index is 2.12. The van der Waals surface area contributed by atoms with Crippen molar-refractivity contribution in [3.8, 4) is 6.07 Å². The Bertz CT molecular complexity index is 746. The molecule has 1 aliphatic rings. The van der Waals surface area contributed by atoms with Gasteiger partial charge < -0.3 is 5.73 Å². The van der Waals surface area contributed by atoms with Crippen molar-refractivity contribution in [3.63, 3.8) is 0 Å². The summed E-state index contributed by atoms with van der Waals surface area (Å²) in [7, 11) is 0. The molecule has 2 heterocycles. The Hall–Kier alpha value is -1.60. The van der Waals surface area contributed by atoms with Crippen molar-refractivity contribution in [3.05, 3.63) is 22.2 Å². The van der Waals surface area contributed by atoms with Gasteiger partial charge in [0.25, 0.3) is 0 Å². The molecule has 0 radical (unpaired) electrons. The highest BCUT2D eigenvalue weighted by Crippen LogP contribution is 2.42. The standard InChI is InChI=1S/C17H21N3S/c1-9-5-13-10(7-12(9)17(2,3)4)6-11-15(19)14(8-18)21-16(11)20-13/h6,9,12H,5,7,19H2,1-4H3. The number of aromatic nitrogens is 1. The zero-order valence-corrected chi connectivity index (χ0v) is 13.8. The number of pyridine rings is 1. The van der Waals surface area contributed by atoms with Crippen molar-refractivity contribution < 1.29 is 0 Å². The second-order valence-corrected chi connectivity index (χ2v) is 8.26. The molecule has 0 saturated heterocycles. The number of nitrogen functional groups attached to an aromatic ring is 1. The summed E-state index contributed by atoms with van der Waals surface area (Å²) in [6.45, 7) is 9.28. The molecule has 0 amide bonds. The normalized spacial score (nSPS) is 22.0. The number of fused-ring (bicyclic) bond motifs is 2. The molecular weight excluding hydrogens is 278 g/mol. The van der Waals surface area contributed by atoms with Crippen LogP contribution in [0.2, 0.25) is 0 Å². The zero-order chi connectivity index (χ0) is 15.4. The Morgan fingerprint density at radius 3 is 2.71 bits per heavy atom. The van der Waals surface area contributed by atoms with Crippen LogP contribution in [0.4, 0.5) is 5.69 Å². The molecule has 3 nitrogen and oxygen atoms in total. The molecular formula is C17H21N3S. The van der Waals surface area contributed by atoms with Gasteiger partial charge in [0.05, 0.1) is 5.69 Å². The lowest BCUT2D eigenvalue weighted by Crippen LogP contribution is -2.33. The molecule has 2 N–H and O–H groups in total. The maximum atomic E-state index is 9.13. The SMILES string of the molecule is CC1Cc2nc3sc(C#N)c(N)c3cc2CC1C(C)(C)C. The molecule has 0 aliphatic heterocycles. The molecule has 0 bridgehead atoms. The van der Waals surface area contributed by atoms with E-state index in [0.29, 0.717) is 27.8 Å². The predicted octanol–water partition coefficient (Wildman–Crippen LogP) is 4.15. The average molecular weight is 299 g/mol. The second-order valence-electron chi connectivity index (χ2n) is 7.26. The van der Waals surface area contributed by atoms with Gasteiger partial charge in [0.2, 0.25) is 0 Å². The van der Waals surface area contributed by atoms with E-state index < -0.39 is 0 Å². The summed E-state index contributed by atoms with van der Waals surface area (Å²) in [6.07, 6.45) is 2.08. The number of nitrogens with two attached hydrogens (primary N) is 1. The molecule has 21 heavy (non-hydrogen) atoms. The number of rotatable bonds is 0. The first-order valence-corrected chi connectivity index (χ1v) is 8.23. The average Bonchev–Trinajstić information content (AvgIpc) is 2.70. The van der Waals surface area contributed by atoms with Crippen LogP contribution in [-0.4, -0.2) is 4.98 Å². The van der Waals surface area contributed by atoms with E-state index in [0.717, 1.165) is 23.1 Å². The molecule has 0 aromatic carbocycles. The topological polar surface area (TPSA) is 62.7 Å².